The predicted octanol–water partition coefficient (Wildman–Crippen LogP) is 1.90. The van der Waals surface area contributed by atoms with Crippen molar-refractivity contribution in [3.63, 3.8) is 0 Å². The maximum atomic E-state index is 11.2. The van der Waals surface area contributed by atoms with Gasteiger partial charge in [0.05, 0.1) is 11.2 Å². The van der Waals surface area contributed by atoms with E-state index in [1.165, 1.54) is 0 Å². The normalized spacial score (nSPS) is 31.9. The van der Waals surface area contributed by atoms with Crippen LogP contribution >= 0.6 is 10.7 Å². The van der Waals surface area contributed by atoms with Crippen LogP contribution in [0.5, 0.6) is 0 Å². The second-order valence-corrected chi connectivity index (χ2v) is 7.44. The molecule has 0 aliphatic carbocycles. The molecule has 1 aliphatic heterocycles. The lowest BCUT2D eigenvalue weighted by atomic mass is 10.0. The van der Waals surface area contributed by atoms with Gasteiger partial charge in [0.15, 0.2) is 0 Å². The molecule has 0 N–H and O–H groups in total. The largest absolute Gasteiger partial charge is 0.368 e. The summed E-state index contributed by atoms with van der Waals surface area (Å²) in [4.78, 5) is 0. The van der Waals surface area contributed by atoms with Gasteiger partial charge in [-0.05, 0) is 34.1 Å². The highest BCUT2D eigenvalue weighted by Gasteiger charge is 2.51. The summed E-state index contributed by atoms with van der Waals surface area (Å²) in [6, 6.07) is 0. The van der Waals surface area contributed by atoms with Crippen LogP contribution in [0.25, 0.3) is 0 Å². The zero-order valence-corrected chi connectivity index (χ0v) is 9.87. The van der Waals surface area contributed by atoms with Crippen molar-refractivity contribution < 1.29 is 13.2 Å². The lowest BCUT2D eigenvalue weighted by molar-refractivity contribution is -0.0634. The van der Waals surface area contributed by atoms with Crippen LogP contribution in [0.3, 0.4) is 0 Å². The maximum Gasteiger partial charge on any atom is 0.238 e. The van der Waals surface area contributed by atoms with E-state index in [1.807, 2.05) is 13.8 Å². The fourth-order valence-corrected chi connectivity index (χ4v) is 4.11. The smallest absolute Gasteiger partial charge is 0.238 e. The standard InChI is InChI=1S/C8H15ClO3S/c1-7(2)5-6(13(9,10)11)8(3,4)12-7/h6H,5H2,1-4H3. The van der Waals surface area contributed by atoms with Crippen molar-refractivity contribution in [1.82, 2.24) is 0 Å². The van der Waals surface area contributed by atoms with Gasteiger partial charge in [-0.25, -0.2) is 8.42 Å². The molecule has 13 heavy (non-hydrogen) atoms. The maximum absolute atomic E-state index is 11.2. The molecule has 78 valence electrons. The Balaban J connectivity index is 3.03. The number of ether oxygens (including phenoxy) is 1. The summed E-state index contributed by atoms with van der Waals surface area (Å²) in [5.74, 6) is 0. The van der Waals surface area contributed by atoms with Crippen LogP contribution in [-0.2, 0) is 13.8 Å². The molecule has 5 heteroatoms. The molecule has 3 nitrogen and oxygen atoms in total. The Bertz CT molecular complexity index is 305. The van der Waals surface area contributed by atoms with Gasteiger partial charge < -0.3 is 4.74 Å². The van der Waals surface area contributed by atoms with Gasteiger partial charge in [-0.15, -0.1) is 0 Å². The number of rotatable bonds is 1. The summed E-state index contributed by atoms with van der Waals surface area (Å²) in [6.07, 6.45) is 0.450. The van der Waals surface area contributed by atoms with E-state index < -0.39 is 25.5 Å². The number of halogens is 1. The molecule has 1 aliphatic rings. The minimum absolute atomic E-state index is 0.407. The molecular formula is C8H15ClO3S. The molecule has 0 bridgehead atoms. The first-order chi connectivity index (χ1) is 5.55. The number of hydrogen-bond donors (Lipinski definition) is 0. The molecule has 0 aromatic carbocycles. The lowest BCUT2D eigenvalue weighted by Crippen LogP contribution is -2.36. The highest BCUT2D eigenvalue weighted by molar-refractivity contribution is 8.14. The molecule has 1 heterocycles. The first-order valence-corrected chi connectivity index (χ1v) is 6.55. The molecule has 0 radical (unpaired) electrons. The van der Waals surface area contributed by atoms with E-state index in [1.54, 1.807) is 13.8 Å². The van der Waals surface area contributed by atoms with Gasteiger partial charge in [-0.3, -0.25) is 0 Å². The highest BCUT2D eigenvalue weighted by atomic mass is 35.7. The molecule has 0 saturated carbocycles. The molecule has 1 atom stereocenters. The van der Waals surface area contributed by atoms with Gasteiger partial charge in [-0.2, -0.15) is 0 Å². The van der Waals surface area contributed by atoms with Crippen molar-refractivity contribution in [3.05, 3.63) is 0 Å². The third kappa shape index (κ3) is 2.36. The Kier molecular flexibility index (Phi) is 2.47. The molecule has 0 spiro atoms. The van der Waals surface area contributed by atoms with Gasteiger partial charge in [0, 0.05) is 10.7 Å². The Morgan fingerprint density at radius 2 is 1.77 bits per heavy atom. The Morgan fingerprint density at radius 1 is 1.31 bits per heavy atom. The van der Waals surface area contributed by atoms with Crippen LogP contribution < -0.4 is 0 Å². The lowest BCUT2D eigenvalue weighted by Gasteiger charge is -2.25. The molecule has 1 unspecified atom stereocenters. The van der Waals surface area contributed by atoms with Crippen LogP contribution in [0.1, 0.15) is 34.1 Å². The SMILES string of the molecule is CC1(C)CC(S(=O)(=O)Cl)C(C)(C)O1. The fraction of sp³-hybridized carbons (Fsp3) is 1.00. The molecule has 0 aromatic heterocycles. The van der Waals surface area contributed by atoms with Crippen molar-refractivity contribution in [2.45, 2.75) is 50.6 Å². The van der Waals surface area contributed by atoms with E-state index in [0.717, 1.165) is 0 Å². The Hall–Kier alpha value is 0.200. The van der Waals surface area contributed by atoms with Crippen molar-refractivity contribution in [3.8, 4) is 0 Å². The van der Waals surface area contributed by atoms with Gasteiger partial charge in [0.1, 0.15) is 5.25 Å². The van der Waals surface area contributed by atoms with Crippen molar-refractivity contribution in [2.75, 3.05) is 0 Å². The summed E-state index contributed by atoms with van der Waals surface area (Å²) in [6.45, 7) is 7.26. The van der Waals surface area contributed by atoms with Gasteiger partial charge in [0.2, 0.25) is 9.05 Å². The summed E-state index contributed by atoms with van der Waals surface area (Å²) >= 11 is 0. The third-order valence-corrected chi connectivity index (χ3v) is 4.39. The molecule has 1 fully saturated rings. The van der Waals surface area contributed by atoms with Crippen LogP contribution in [0.4, 0.5) is 0 Å². The summed E-state index contributed by atoms with van der Waals surface area (Å²) in [5, 5.41) is -0.614. The monoisotopic (exact) mass is 226 g/mol. The summed E-state index contributed by atoms with van der Waals surface area (Å²) in [5.41, 5.74) is -1.10. The van der Waals surface area contributed by atoms with E-state index >= 15 is 0 Å². The summed E-state index contributed by atoms with van der Waals surface area (Å²) in [7, 11) is 1.81. The van der Waals surface area contributed by atoms with E-state index in [9.17, 15) is 8.42 Å². The van der Waals surface area contributed by atoms with Gasteiger partial charge >= 0.3 is 0 Å². The predicted molar refractivity (Wildman–Crippen MR) is 52.4 cm³/mol. The number of hydrogen-bond acceptors (Lipinski definition) is 3. The van der Waals surface area contributed by atoms with Crippen LogP contribution in [-0.4, -0.2) is 24.9 Å². The van der Waals surface area contributed by atoms with E-state index in [2.05, 4.69) is 0 Å². The minimum atomic E-state index is -3.53. The minimum Gasteiger partial charge on any atom is -0.368 e. The summed E-state index contributed by atoms with van der Waals surface area (Å²) < 4.78 is 28.1. The molecule has 0 amide bonds. The van der Waals surface area contributed by atoms with Gasteiger partial charge in [-0.1, -0.05) is 0 Å². The van der Waals surface area contributed by atoms with Crippen molar-refractivity contribution >= 4 is 19.7 Å². The van der Waals surface area contributed by atoms with E-state index in [0.29, 0.717) is 6.42 Å². The second-order valence-electron chi connectivity index (χ2n) is 4.63. The third-order valence-electron chi connectivity index (χ3n) is 2.33. The zero-order valence-electron chi connectivity index (χ0n) is 8.30. The average Bonchev–Trinajstić information content (AvgIpc) is 1.97. The van der Waals surface area contributed by atoms with Gasteiger partial charge in [0.25, 0.3) is 0 Å². The van der Waals surface area contributed by atoms with E-state index in [-0.39, 0.29) is 0 Å². The average molecular weight is 227 g/mol. The molecule has 0 aromatic rings. The fourth-order valence-electron chi connectivity index (χ4n) is 1.95. The van der Waals surface area contributed by atoms with Crippen molar-refractivity contribution in [1.29, 1.82) is 0 Å². The van der Waals surface area contributed by atoms with Crippen LogP contribution in [0, 0.1) is 0 Å². The zero-order chi connectivity index (χ0) is 10.5. The molecular weight excluding hydrogens is 212 g/mol. The molecule has 1 rings (SSSR count). The Labute approximate surface area is 83.8 Å². The highest BCUT2D eigenvalue weighted by Crippen LogP contribution is 2.41. The Morgan fingerprint density at radius 3 is 1.92 bits per heavy atom. The van der Waals surface area contributed by atoms with Crippen molar-refractivity contribution in [2.24, 2.45) is 0 Å². The first-order valence-electron chi connectivity index (χ1n) is 4.18. The topological polar surface area (TPSA) is 43.4 Å². The first kappa shape index (κ1) is 11.3. The van der Waals surface area contributed by atoms with E-state index in [4.69, 9.17) is 15.4 Å². The quantitative estimate of drug-likeness (QED) is 0.642. The van der Waals surface area contributed by atoms with Crippen LogP contribution in [0.2, 0.25) is 0 Å². The second kappa shape index (κ2) is 2.84. The molecule has 1 saturated heterocycles. The van der Waals surface area contributed by atoms with Crippen LogP contribution in [0.15, 0.2) is 0 Å².